The number of carbonyl (C=O) groups is 2. The Morgan fingerprint density at radius 2 is 1.09 bits per heavy atom. The Labute approximate surface area is 214 Å². The number of carbonyl (C=O) groups excluding carboxylic acids is 2. The fourth-order valence-electron chi connectivity index (χ4n) is 3.96. The lowest BCUT2D eigenvalue weighted by atomic mass is 10.1. The van der Waals surface area contributed by atoms with E-state index in [2.05, 4.69) is 6.92 Å². The van der Waals surface area contributed by atoms with Crippen LogP contribution in [0.2, 0.25) is 0 Å². The highest BCUT2D eigenvalue weighted by atomic mass is 16.5. The molecule has 0 aliphatic carbocycles. The average molecular weight is 491 g/mol. The quantitative estimate of drug-likeness (QED) is 0.0925. The van der Waals surface area contributed by atoms with Crippen LogP contribution in [0.1, 0.15) is 130 Å². The Morgan fingerprint density at radius 3 is 1.63 bits per heavy atom. The van der Waals surface area contributed by atoms with E-state index in [1.54, 1.807) is 12.1 Å². The summed E-state index contributed by atoms with van der Waals surface area (Å²) in [5, 5.41) is 0. The van der Waals surface area contributed by atoms with Gasteiger partial charge in [0, 0.05) is 12.8 Å². The summed E-state index contributed by atoms with van der Waals surface area (Å²) < 4.78 is 16.3. The van der Waals surface area contributed by atoms with E-state index in [1.807, 2.05) is 26.0 Å². The third-order valence-corrected chi connectivity index (χ3v) is 5.95. The van der Waals surface area contributed by atoms with E-state index < -0.39 is 0 Å². The molecule has 0 aliphatic heterocycles. The predicted octanol–water partition coefficient (Wildman–Crippen LogP) is 8.57. The number of ether oxygens (including phenoxy) is 3. The van der Waals surface area contributed by atoms with Crippen LogP contribution in [0.5, 0.6) is 11.5 Å². The first-order valence-corrected chi connectivity index (χ1v) is 14.1. The molecular formula is C30H50O5. The molecule has 0 bridgehead atoms. The SMILES string of the molecule is CCCCCCCCCCCOC(=O)CCCCCCCCC(=O)Oc1ccc(OC(C)C)cc1. The van der Waals surface area contributed by atoms with Crippen LogP contribution in [0.15, 0.2) is 24.3 Å². The smallest absolute Gasteiger partial charge is 0.311 e. The minimum atomic E-state index is -0.197. The average Bonchev–Trinajstić information content (AvgIpc) is 2.83. The summed E-state index contributed by atoms with van der Waals surface area (Å²) in [6.07, 6.45) is 18.4. The van der Waals surface area contributed by atoms with Crippen LogP contribution >= 0.6 is 0 Å². The van der Waals surface area contributed by atoms with Gasteiger partial charge in [-0.25, -0.2) is 0 Å². The van der Waals surface area contributed by atoms with Crippen molar-refractivity contribution >= 4 is 11.9 Å². The molecule has 0 aromatic heterocycles. The Balaban J connectivity index is 1.89. The molecule has 200 valence electrons. The van der Waals surface area contributed by atoms with Gasteiger partial charge in [0.2, 0.25) is 0 Å². The van der Waals surface area contributed by atoms with E-state index in [4.69, 9.17) is 14.2 Å². The number of benzene rings is 1. The molecule has 0 radical (unpaired) electrons. The van der Waals surface area contributed by atoms with E-state index >= 15 is 0 Å². The van der Waals surface area contributed by atoms with Gasteiger partial charge in [0.25, 0.3) is 0 Å². The molecule has 0 spiro atoms. The van der Waals surface area contributed by atoms with E-state index in [0.29, 0.717) is 25.2 Å². The van der Waals surface area contributed by atoms with Crippen molar-refractivity contribution in [3.63, 3.8) is 0 Å². The summed E-state index contributed by atoms with van der Waals surface area (Å²) in [5.74, 6) is 1.07. The van der Waals surface area contributed by atoms with Crippen LogP contribution in [-0.4, -0.2) is 24.6 Å². The molecule has 0 saturated carbocycles. The predicted molar refractivity (Wildman–Crippen MR) is 143 cm³/mol. The number of rotatable bonds is 22. The minimum absolute atomic E-state index is 0.0592. The summed E-state index contributed by atoms with van der Waals surface area (Å²) >= 11 is 0. The first kappa shape index (κ1) is 31.0. The van der Waals surface area contributed by atoms with Crippen LogP contribution in [0, 0.1) is 0 Å². The highest BCUT2D eigenvalue weighted by Gasteiger charge is 2.06. The molecular weight excluding hydrogens is 440 g/mol. The molecule has 0 fully saturated rings. The highest BCUT2D eigenvalue weighted by molar-refractivity contribution is 5.72. The zero-order chi connectivity index (χ0) is 25.6. The minimum Gasteiger partial charge on any atom is -0.491 e. The van der Waals surface area contributed by atoms with Crippen LogP contribution in [0.25, 0.3) is 0 Å². The molecule has 0 aliphatic rings. The van der Waals surface area contributed by atoms with E-state index in [9.17, 15) is 9.59 Å². The molecule has 35 heavy (non-hydrogen) atoms. The Bertz CT molecular complexity index is 653. The van der Waals surface area contributed by atoms with Crippen molar-refractivity contribution in [1.29, 1.82) is 0 Å². The summed E-state index contributed by atoms with van der Waals surface area (Å²) in [4.78, 5) is 23.8. The van der Waals surface area contributed by atoms with Gasteiger partial charge in [-0.2, -0.15) is 0 Å². The molecule has 5 nitrogen and oxygen atoms in total. The topological polar surface area (TPSA) is 61.8 Å². The maximum atomic E-state index is 12.0. The molecule has 0 amide bonds. The number of hydrogen-bond donors (Lipinski definition) is 0. The van der Waals surface area contributed by atoms with Crippen molar-refractivity contribution in [3.05, 3.63) is 24.3 Å². The fraction of sp³-hybridized carbons (Fsp3) is 0.733. The summed E-state index contributed by atoms with van der Waals surface area (Å²) in [6, 6.07) is 7.15. The van der Waals surface area contributed by atoms with Crippen molar-refractivity contribution in [2.45, 2.75) is 136 Å². The molecule has 0 saturated heterocycles. The van der Waals surface area contributed by atoms with Gasteiger partial charge in [0.15, 0.2) is 0 Å². The van der Waals surface area contributed by atoms with Crippen LogP contribution in [-0.2, 0) is 14.3 Å². The maximum absolute atomic E-state index is 12.0. The maximum Gasteiger partial charge on any atom is 0.311 e. The van der Waals surface area contributed by atoms with Crippen LogP contribution in [0.4, 0.5) is 0 Å². The first-order valence-electron chi connectivity index (χ1n) is 14.1. The van der Waals surface area contributed by atoms with Gasteiger partial charge < -0.3 is 14.2 Å². The molecule has 0 atom stereocenters. The van der Waals surface area contributed by atoms with Crippen molar-refractivity contribution in [1.82, 2.24) is 0 Å². The van der Waals surface area contributed by atoms with Crippen molar-refractivity contribution in [3.8, 4) is 11.5 Å². The van der Waals surface area contributed by atoms with E-state index in [1.165, 1.54) is 44.9 Å². The molecule has 5 heteroatoms. The fourth-order valence-corrected chi connectivity index (χ4v) is 3.96. The van der Waals surface area contributed by atoms with Gasteiger partial charge in [-0.3, -0.25) is 9.59 Å². The highest BCUT2D eigenvalue weighted by Crippen LogP contribution is 2.19. The van der Waals surface area contributed by atoms with Gasteiger partial charge in [-0.1, -0.05) is 84.0 Å². The number of unbranched alkanes of at least 4 members (excludes halogenated alkanes) is 13. The largest absolute Gasteiger partial charge is 0.491 e. The van der Waals surface area contributed by atoms with E-state index in [0.717, 1.165) is 57.1 Å². The van der Waals surface area contributed by atoms with E-state index in [-0.39, 0.29) is 18.0 Å². The molecule has 0 N–H and O–H groups in total. The summed E-state index contributed by atoms with van der Waals surface area (Å²) in [6.45, 7) is 6.77. The number of hydrogen-bond acceptors (Lipinski definition) is 5. The standard InChI is InChI=1S/C30H50O5/c1-4-5-6-7-8-9-12-15-18-25-33-29(31)19-16-13-10-11-14-17-20-30(32)35-28-23-21-27(22-24-28)34-26(2)3/h21-24,26H,4-20,25H2,1-3H3. The Morgan fingerprint density at radius 1 is 0.629 bits per heavy atom. The number of esters is 2. The summed E-state index contributed by atoms with van der Waals surface area (Å²) in [7, 11) is 0. The second kappa shape index (κ2) is 21.3. The van der Waals surface area contributed by atoms with Gasteiger partial charge >= 0.3 is 11.9 Å². The Kier molecular flexibility index (Phi) is 18.8. The second-order valence-electron chi connectivity index (χ2n) is 9.78. The van der Waals surface area contributed by atoms with Crippen molar-refractivity contribution < 1.29 is 23.8 Å². The van der Waals surface area contributed by atoms with Gasteiger partial charge in [0.05, 0.1) is 12.7 Å². The molecule has 1 aromatic rings. The van der Waals surface area contributed by atoms with Gasteiger partial charge in [-0.05, 0) is 57.4 Å². The Hall–Kier alpha value is -2.04. The second-order valence-corrected chi connectivity index (χ2v) is 9.78. The normalized spacial score (nSPS) is 11.0. The van der Waals surface area contributed by atoms with Gasteiger partial charge in [-0.15, -0.1) is 0 Å². The molecule has 0 heterocycles. The first-order chi connectivity index (χ1) is 17.0. The van der Waals surface area contributed by atoms with Gasteiger partial charge in [0.1, 0.15) is 11.5 Å². The lowest BCUT2D eigenvalue weighted by molar-refractivity contribution is -0.144. The lowest BCUT2D eigenvalue weighted by Gasteiger charge is -2.10. The molecule has 1 rings (SSSR count). The summed E-state index contributed by atoms with van der Waals surface area (Å²) in [5.41, 5.74) is 0. The van der Waals surface area contributed by atoms with Crippen LogP contribution < -0.4 is 9.47 Å². The third kappa shape index (κ3) is 18.9. The molecule has 0 unspecified atom stereocenters. The third-order valence-electron chi connectivity index (χ3n) is 5.95. The van der Waals surface area contributed by atoms with Crippen LogP contribution in [0.3, 0.4) is 0 Å². The zero-order valence-electron chi connectivity index (χ0n) is 22.7. The molecule has 1 aromatic carbocycles. The zero-order valence-corrected chi connectivity index (χ0v) is 22.7. The van der Waals surface area contributed by atoms with Crippen molar-refractivity contribution in [2.24, 2.45) is 0 Å². The van der Waals surface area contributed by atoms with Crippen molar-refractivity contribution in [2.75, 3.05) is 6.61 Å². The lowest BCUT2D eigenvalue weighted by Crippen LogP contribution is -2.08. The monoisotopic (exact) mass is 490 g/mol.